The molecule has 7 nitrogen and oxygen atoms in total. The summed E-state index contributed by atoms with van der Waals surface area (Å²) in [5, 5.41) is 0. The Balaban J connectivity index is 2.27. The molecule has 21 heavy (non-hydrogen) atoms. The van der Waals surface area contributed by atoms with Gasteiger partial charge in [0.05, 0.1) is 7.11 Å². The quantitative estimate of drug-likeness (QED) is 0.733. The third-order valence-corrected chi connectivity index (χ3v) is 3.44. The number of aromatic nitrogens is 4. The van der Waals surface area contributed by atoms with E-state index in [1.54, 1.807) is 14.2 Å². The Morgan fingerprint density at radius 2 is 2.00 bits per heavy atom. The van der Waals surface area contributed by atoms with Crippen molar-refractivity contribution in [2.45, 2.75) is 6.92 Å². The second-order valence-electron chi connectivity index (χ2n) is 4.79. The number of H-pyrrole nitrogens is 2. The van der Waals surface area contributed by atoms with Gasteiger partial charge in [-0.15, -0.1) is 0 Å². The summed E-state index contributed by atoms with van der Waals surface area (Å²) in [6.45, 7) is 1.94. The van der Waals surface area contributed by atoms with Gasteiger partial charge in [-0.3, -0.25) is 14.3 Å². The molecule has 0 radical (unpaired) electrons. The molecule has 2 heterocycles. The largest absolute Gasteiger partial charge is 0.496 e. The van der Waals surface area contributed by atoms with Gasteiger partial charge in [0.25, 0.3) is 5.56 Å². The van der Waals surface area contributed by atoms with E-state index in [1.807, 2.05) is 25.1 Å². The maximum absolute atomic E-state index is 11.8. The van der Waals surface area contributed by atoms with Gasteiger partial charge in [0.2, 0.25) is 0 Å². The van der Waals surface area contributed by atoms with Gasteiger partial charge >= 0.3 is 5.69 Å². The van der Waals surface area contributed by atoms with Crippen LogP contribution in [0.5, 0.6) is 5.75 Å². The average molecular weight is 286 g/mol. The van der Waals surface area contributed by atoms with E-state index in [2.05, 4.69) is 15.0 Å². The Morgan fingerprint density at radius 3 is 2.71 bits per heavy atom. The molecule has 0 unspecified atom stereocenters. The van der Waals surface area contributed by atoms with Crippen LogP contribution in [0.3, 0.4) is 0 Å². The van der Waals surface area contributed by atoms with Crippen molar-refractivity contribution in [2.24, 2.45) is 7.05 Å². The first-order valence-corrected chi connectivity index (χ1v) is 6.35. The minimum atomic E-state index is -0.493. The lowest BCUT2D eigenvalue weighted by Gasteiger charge is -2.05. The highest BCUT2D eigenvalue weighted by atomic mass is 16.5. The van der Waals surface area contributed by atoms with E-state index >= 15 is 0 Å². The van der Waals surface area contributed by atoms with Gasteiger partial charge in [0.1, 0.15) is 17.1 Å². The van der Waals surface area contributed by atoms with E-state index in [9.17, 15) is 9.59 Å². The van der Waals surface area contributed by atoms with Gasteiger partial charge < -0.3 is 9.72 Å². The van der Waals surface area contributed by atoms with Crippen LogP contribution in [0.1, 0.15) is 5.56 Å². The summed E-state index contributed by atoms with van der Waals surface area (Å²) < 4.78 is 6.58. The topological polar surface area (TPSA) is 92.8 Å². The number of aromatic amines is 2. The number of hydrogen-bond donors (Lipinski definition) is 2. The molecule has 0 bridgehead atoms. The molecule has 0 spiro atoms. The number of nitrogens with one attached hydrogen (secondary N) is 2. The summed E-state index contributed by atoms with van der Waals surface area (Å²) in [5.41, 5.74) is 1.39. The fourth-order valence-corrected chi connectivity index (χ4v) is 2.21. The average Bonchev–Trinajstić information content (AvgIpc) is 2.91. The van der Waals surface area contributed by atoms with Crippen LogP contribution >= 0.6 is 0 Å². The second-order valence-corrected chi connectivity index (χ2v) is 4.79. The molecule has 3 aromatic rings. The molecular formula is C14H14N4O3. The number of fused-ring (bicyclic) bond motifs is 1. The van der Waals surface area contributed by atoms with E-state index < -0.39 is 11.2 Å². The Labute approximate surface area is 119 Å². The van der Waals surface area contributed by atoms with Crippen LogP contribution in [-0.2, 0) is 7.05 Å². The van der Waals surface area contributed by atoms with Crippen molar-refractivity contribution in [3.63, 3.8) is 0 Å². The van der Waals surface area contributed by atoms with Gasteiger partial charge in [-0.1, -0.05) is 12.1 Å². The van der Waals surface area contributed by atoms with Crippen molar-refractivity contribution < 1.29 is 4.74 Å². The molecule has 0 aliphatic carbocycles. The van der Waals surface area contributed by atoms with Crippen molar-refractivity contribution in [1.29, 1.82) is 0 Å². The van der Waals surface area contributed by atoms with Crippen LogP contribution in [0.25, 0.3) is 22.6 Å². The van der Waals surface area contributed by atoms with Gasteiger partial charge in [-0.2, -0.15) is 0 Å². The minimum absolute atomic E-state index is 0.270. The van der Waals surface area contributed by atoms with Crippen molar-refractivity contribution in [3.8, 4) is 17.1 Å². The lowest BCUT2D eigenvalue weighted by molar-refractivity contribution is 0.412. The second kappa shape index (κ2) is 4.62. The fourth-order valence-electron chi connectivity index (χ4n) is 2.21. The monoisotopic (exact) mass is 286 g/mol. The predicted molar refractivity (Wildman–Crippen MR) is 78.7 cm³/mol. The zero-order valence-corrected chi connectivity index (χ0v) is 11.9. The smallest absolute Gasteiger partial charge is 0.329 e. The van der Waals surface area contributed by atoms with Crippen LogP contribution in [-0.4, -0.2) is 26.6 Å². The van der Waals surface area contributed by atoms with Gasteiger partial charge in [-0.25, -0.2) is 9.78 Å². The van der Waals surface area contributed by atoms with Crippen LogP contribution < -0.4 is 16.0 Å². The number of benzene rings is 1. The molecule has 0 aliphatic heterocycles. The number of aryl methyl sites for hydroxylation is 2. The molecule has 0 fully saturated rings. The summed E-state index contributed by atoms with van der Waals surface area (Å²) in [6.07, 6.45) is 0. The zero-order valence-electron chi connectivity index (χ0n) is 11.9. The molecule has 1 aromatic carbocycles. The molecule has 108 valence electrons. The molecule has 0 aliphatic rings. The highest BCUT2D eigenvalue weighted by Crippen LogP contribution is 2.25. The summed E-state index contributed by atoms with van der Waals surface area (Å²) in [6, 6.07) is 5.62. The molecule has 0 saturated heterocycles. The highest BCUT2D eigenvalue weighted by molar-refractivity contribution is 5.75. The van der Waals surface area contributed by atoms with E-state index in [-0.39, 0.29) is 5.52 Å². The minimum Gasteiger partial charge on any atom is -0.496 e. The maximum atomic E-state index is 11.8. The summed E-state index contributed by atoms with van der Waals surface area (Å²) in [4.78, 5) is 32.9. The maximum Gasteiger partial charge on any atom is 0.329 e. The SMILES string of the molecule is COc1cc(-c2nc3c([nH]2)c(=O)[nH]c(=O)n3C)ccc1C. The van der Waals surface area contributed by atoms with Crippen LogP contribution in [0.15, 0.2) is 27.8 Å². The molecular weight excluding hydrogens is 272 g/mol. The van der Waals surface area contributed by atoms with Crippen molar-refractivity contribution in [2.75, 3.05) is 7.11 Å². The zero-order chi connectivity index (χ0) is 15.1. The fraction of sp³-hybridized carbons (Fsp3) is 0.214. The van der Waals surface area contributed by atoms with Gasteiger partial charge in [0, 0.05) is 12.6 Å². The van der Waals surface area contributed by atoms with Crippen molar-refractivity contribution >= 4 is 11.2 Å². The Hall–Kier alpha value is -2.83. The number of imidazole rings is 1. The van der Waals surface area contributed by atoms with Crippen LogP contribution in [0.4, 0.5) is 0 Å². The van der Waals surface area contributed by atoms with Gasteiger partial charge in [0.15, 0.2) is 5.65 Å². The normalized spacial score (nSPS) is 11.0. The predicted octanol–water partition coefficient (Wildman–Crippen LogP) is 0.934. The number of nitrogens with zero attached hydrogens (tertiary/aromatic N) is 2. The first-order chi connectivity index (χ1) is 10.0. The summed E-state index contributed by atoms with van der Waals surface area (Å²) in [7, 11) is 3.15. The van der Waals surface area contributed by atoms with E-state index in [4.69, 9.17) is 4.74 Å². The highest BCUT2D eigenvalue weighted by Gasteiger charge is 2.12. The van der Waals surface area contributed by atoms with Crippen molar-refractivity contribution in [3.05, 3.63) is 44.6 Å². The van der Waals surface area contributed by atoms with Gasteiger partial charge in [-0.05, 0) is 18.6 Å². The molecule has 0 saturated carbocycles. The lowest BCUT2D eigenvalue weighted by Crippen LogP contribution is -2.28. The first-order valence-electron chi connectivity index (χ1n) is 6.35. The third kappa shape index (κ3) is 2.03. The Morgan fingerprint density at radius 1 is 1.24 bits per heavy atom. The standard InChI is InChI=1S/C14H14N4O3/c1-7-4-5-8(6-9(7)21-3)11-15-10-12(16-11)18(2)14(20)17-13(10)19/h4-6H,1-3H3,(H,15,16)(H,17,19,20). The molecule has 3 rings (SSSR count). The first kappa shape index (κ1) is 13.2. The number of rotatable bonds is 2. The van der Waals surface area contributed by atoms with Crippen molar-refractivity contribution in [1.82, 2.24) is 19.5 Å². The molecule has 2 aromatic heterocycles. The number of hydrogen-bond acceptors (Lipinski definition) is 4. The molecule has 2 N–H and O–H groups in total. The Kier molecular flexibility index (Phi) is 2.90. The summed E-state index contributed by atoms with van der Waals surface area (Å²) in [5.74, 6) is 1.24. The lowest BCUT2D eigenvalue weighted by atomic mass is 10.1. The number of methoxy groups -OCH3 is 1. The Bertz CT molecular complexity index is 949. The third-order valence-electron chi connectivity index (χ3n) is 3.44. The van der Waals surface area contributed by atoms with Crippen LogP contribution in [0.2, 0.25) is 0 Å². The summed E-state index contributed by atoms with van der Waals surface area (Å²) >= 11 is 0. The molecule has 7 heteroatoms. The number of ether oxygens (including phenoxy) is 1. The molecule has 0 amide bonds. The van der Waals surface area contributed by atoms with E-state index in [0.717, 1.165) is 16.9 Å². The van der Waals surface area contributed by atoms with E-state index in [0.29, 0.717) is 11.5 Å². The van der Waals surface area contributed by atoms with E-state index in [1.165, 1.54) is 4.57 Å². The van der Waals surface area contributed by atoms with Crippen LogP contribution in [0, 0.1) is 6.92 Å². The molecule has 0 atom stereocenters.